The number of hydrogen-bond acceptors (Lipinski definition) is 1. The quantitative estimate of drug-likeness (QED) is 0.570. The van der Waals surface area contributed by atoms with Gasteiger partial charge in [-0.05, 0) is 30.5 Å². The first-order chi connectivity index (χ1) is 6.65. The summed E-state index contributed by atoms with van der Waals surface area (Å²) in [6.45, 7) is 4.77. The van der Waals surface area contributed by atoms with E-state index in [1.165, 1.54) is 0 Å². The van der Waals surface area contributed by atoms with E-state index in [1.54, 1.807) is 13.8 Å². The van der Waals surface area contributed by atoms with E-state index in [0.29, 0.717) is 24.2 Å². The minimum atomic E-state index is -0.120. The molecule has 0 bridgehead atoms. The fraction of sp³-hybridized carbons (Fsp3) is 0.333. The molecule has 0 saturated heterocycles. The molecule has 0 radical (unpaired) electrons. The predicted octanol–water partition coefficient (Wildman–Crippen LogP) is 2.17. The van der Waals surface area contributed by atoms with Crippen LogP contribution in [0.2, 0.25) is 0 Å². The molecule has 0 aliphatic carbocycles. The van der Waals surface area contributed by atoms with Gasteiger partial charge in [-0.2, -0.15) is 0 Å². The maximum Gasteiger partial charge on any atom is 0.129 e. The van der Waals surface area contributed by atoms with Crippen molar-refractivity contribution in [3.63, 3.8) is 0 Å². The lowest BCUT2D eigenvalue weighted by Gasteiger charge is -2.06. The monoisotopic (exact) mass is 191 g/mol. The second kappa shape index (κ2) is 4.78. The highest BCUT2D eigenvalue weighted by Crippen LogP contribution is 2.14. The van der Waals surface area contributed by atoms with Gasteiger partial charge in [-0.1, -0.05) is 18.1 Å². The summed E-state index contributed by atoms with van der Waals surface area (Å²) < 4.78 is 13.2. The number of halogens is 1. The lowest BCUT2D eigenvalue weighted by atomic mass is 10.1. The largest absolute Gasteiger partial charge is 0.302 e. The number of hydrogen-bond donors (Lipinski definition) is 1. The van der Waals surface area contributed by atoms with Crippen molar-refractivity contribution >= 4 is 0 Å². The topological polar surface area (TPSA) is 12.0 Å². The molecule has 1 aromatic rings. The number of rotatable bonds is 3. The zero-order valence-corrected chi connectivity index (χ0v) is 8.52. The van der Waals surface area contributed by atoms with Gasteiger partial charge in [0.2, 0.25) is 0 Å². The highest BCUT2D eigenvalue weighted by Gasteiger charge is 2.03. The Labute approximate surface area is 84.3 Å². The molecule has 2 heteroatoms. The molecule has 0 amide bonds. The molecular weight excluding hydrogens is 177 g/mol. The minimum absolute atomic E-state index is 0.120. The highest BCUT2D eigenvalue weighted by atomic mass is 19.1. The lowest BCUT2D eigenvalue weighted by molar-refractivity contribution is 0.607. The average Bonchev–Trinajstić information content (AvgIpc) is 2.14. The first kappa shape index (κ1) is 10.7. The van der Waals surface area contributed by atoms with Crippen molar-refractivity contribution in [2.45, 2.75) is 20.4 Å². The third-order valence-corrected chi connectivity index (χ3v) is 2.05. The maximum atomic E-state index is 13.2. The minimum Gasteiger partial charge on any atom is -0.302 e. The molecule has 1 nitrogen and oxygen atoms in total. The van der Waals surface area contributed by atoms with E-state index in [9.17, 15) is 4.39 Å². The van der Waals surface area contributed by atoms with Gasteiger partial charge in [0, 0.05) is 6.54 Å². The number of nitrogens with one attached hydrogen (secondary N) is 1. The summed E-state index contributed by atoms with van der Waals surface area (Å²) in [7, 11) is 0. The zero-order chi connectivity index (χ0) is 10.6. The van der Waals surface area contributed by atoms with Gasteiger partial charge >= 0.3 is 0 Å². The van der Waals surface area contributed by atoms with Crippen LogP contribution in [0.3, 0.4) is 0 Å². The molecule has 0 heterocycles. The maximum absolute atomic E-state index is 13.2. The number of aryl methyl sites for hydroxylation is 2. The van der Waals surface area contributed by atoms with Gasteiger partial charge in [0.1, 0.15) is 5.82 Å². The molecule has 0 fully saturated rings. The lowest BCUT2D eigenvalue weighted by Crippen LogP contribution is -2.13. The van der Waals surface area contributed by atoms with Crippen molar-refractivity contribution in [3.8, 4) is 12.3 Å². The van der Waals surface area contributed by atoms with Gasteiger partial charge in [-0.25, -0.2) is 4.39 Å². The Hall–Kier alpha value is -1.33. The summed E-state index contributed by atoms with van der Waals surface area (Å²) in [5.74, 6) is 2.37. The van der Waals surface area contributed by atoms with E-state index < -0.39 is 0 Å². The van der Waals surface area contributed by atoms with Crippen molar-refractivity contribution in [1.29, 1.82) is 0 Å². The summed E-state index contributed by atoms with van der Waals surface area (Å²) in [6.07, 6.45) is 5.10. The third-order valence-electron chi connectivity index (χ3n) is 2.05. The Morgan fingerprint density at radius 2 is 1.93 bits per heavy atom. The van der Waals surface area contributed by atoms with Gasteiger partial charge < -0.3 is 5.32 Å². The molecule has 1 rings (SSSR count). The van der Waals surface area contributed by atoms with Crippen LogP contribution in [0.5, 0.6) is 0 Å². The van der Waals surface area contributed by atoms with Crippen LogP contribution in [-0.4, -0.2) is 6.54 Å². The van der Waals surface area contributed by atoms with E-state index in [4.69, 9.17) is 6.42 Å². The normalized spacial score (nSPS) is 9.86. The van der Waals surface area contributed by atoms with Gasteiger partial charge in [0.25, 0.3) is 0 Å². The van der Waals surface area contributed by atoms with Crippen molar-refractivity contribution in [3.05, 3.63) is 34.6 Å². The molecule has 0 aromatic heterocycles. The van der Waals surface area contributed by atoms with Gasteiger partial charge in [0.15, 0.2) is 0 Å². The van der Waals surface area contributed by atoms with Crippen LogP contribution in [0, 0.1) is 32.0 Å². The Kier molecular flexibility index (Phi) is 3.67. The molecule has 74 valence electrons. The van der Waals surface area contributed by atoms with Gasteiger partial charge in [0.05, 0.1) is 6.54 Å². The van der Waals surface area contributed by atoms with Crippen LogP contribution in [0.15, 0.2) is 12.1 Å². The molecule has 1 N–H and O–H groups in total. The first-order valence-corrected chi connectivity index (χ1v) is 4.55. The van der Waals surface area contributed by atoms with E-state index in [-0.39, 0.29) is 5.82 Å². The number of terminal acetylenes is 1. The summed E-state index contributed by atoms with van der Waals surface area (Å²) in [5, 5.41) is 3.07. The molecule has 0 atom stereocenters. The smallest absolute Gasteiger partial charge is 0.129 e. The van der Waals surface area contributed by atoms with Crippen molar-refractivity contribution in [1.82, 2.24) is 5.32 Å². The van der Waals surface area contributed by atoms with Crippen LogP contribution in [0.25, 0.3) is 0 Å². The fourth-order valence-electron chi connectivity index (χ4n) is 1.42. The van der Waals surface area contributed by atoms with Crippen LogP contribution < -0.4 is 5.32 Å². The van der Waals surface area contributed by atoms with Crippen LogP contribution in [-0.2, 0) is 6.54 Å². The molecule has 0 unspecified atom stereocenters. The van der Waals surface area contributed by atoms with Gasteiger partial charge in [-0.3, -0.25) is 0 Å². The van der Waals surface area contributed by atoms with Crippen LogP contribution in [0.1, 0.15) is 16.7 Å². The standard InChI is InChI=1S/C12H14FN/c1-4-5-14-8-11-6-9(2)12(13)10(3)7-11/h1,6-7,14H,5,8H2,2-3H3. The molecule has 0 spiro atoms. The van der Waals surface area contributed by atoms with Crippen LogP contribution in [0.4, 0.5) is 4.39 Å². The van der Waals surface area contributed by atoms with E-state index in [2.05, 4.69) is 11.2 Å². The Bertz CT molecular complexity index is 340. The zero-order valence-electron chi connectivity index (χ0n) is 8.52. The molecule has 0 saturated carbocycles. The molecule has 0 aliphatic rings. The fourth-order valence-corrected chi connectivity index (χ4v) is 1.42. The van der Waals surface area contributed by atoms with E-state index in [1.807, 2.05) is 12.1 Å². The predicted molar refractivity (Wildman–Crippen MR) is 56.4 cm³/mol. The molecule has 14 heavy (non-hydrogen) atoms. The SMILES string of the molecule is C#CCNCc1cc(C)c(F)c(C)c1. The second-order valence-corrected chi connectivity index (χ2v) is 3.35. The Morgan fingerprint density at radius 1 is 1.36 bits per heavy atom. The molecule has 1 aromatic carbocycles. The molecule has 0 aliphatic heterocycles. The Balaban J connectivity index is 2.75. The summed E-state index contributed by atoms with van der Waals surface area (Å²) in [4.78, 5) is 0. The van der Waals surface area contributed by atoms with E-state index >= 15 is 0 Å². The van der Waals surface area contributed by atoms with E-state index in [0.717, 1.165) is 5.56 Å². The second-order valence-electron chi connectivity index (χ2n) is 3.35. The highest BCUT2D eigenvalue weighted by molar-refractivity contribution is 5.30. The van der Waals surface area contributed by atoms with Crippen LogP contribution >= 0.6 is 0 Å². The molecular formula is C12H14FN. The summed E-state index contributed by atoms with van der Waals surface area (Å²) in [6, 6.07) is 3.68. The average molecular weight is 191 g/mol. The van der Waals surface area contributed by atoms with Crippen molar-refractivity contribution in [2.75, 3.05) is 6.54 Å². The number of benzene rings is 1. The van der Waals surface area contributed by atoms with Gasteiger partial charge in [-0.15, -0.1) is 6.42 Å². The summed E-state index contributed by atoms with van der Waals surface area (Å²) >= 11 is 0. The first-order valence-electron chi connectivity index (χ1n) is 4.55. The summed E-state index contributed by atoms with van der Waals surface area (Å²) in [5.41, 5.74) is 2.43. The van der Waals surface area contributed by atoms with Crippen molar-refractivity contribution in [2.24, 2.45) is 0 Å². The van der Waals surface area contributed by atoms with Crippen molar-refractivity contribution < 1.29 is 4.39 Å². The third kappa shape index (κ3) is 2.58. The Morgan fingerprint density at radius 3 is 2.43 bits per heavy atom.